The molecule has 0 aliphatic carbocycles. The second-order valence-electron chi connectivity index (χ2n) is 4.37. The van der Waals surface area contributed by atoms with Crippen molar-refractivity contribution < 1.29 is 16.8 Å². The normalized spacial score (nSPS) is 20.7. The van der Waals surface area contributed by atoms with Crippen LogP contribution in [0.4, 0.5) is 0 Å². The van der Waals surface area contributed by atoms with Crippen LogP contribution in [0.2, 0.25) is 0 Å². The van der Waals surface area contributed by atoms with Crippen molar-refractivity contribution in [1.82, 2.24) is 4.31 Å². The van der Waals surface area contributed by atoms with Crippen LogP contribution in [0.5, 0.6) is 0 Å². The van der Waals surface area contributed by atoms with Gasteiger partial charge in [-0.05, 0) is 19.1 Å². The highest BCUT2D eigenvalue weighted by atomic mass is 32.2. The lowest BCUT2D eigenvalue weighted by Crippen LogP contribution is -2.43. The minimum atomic E-state index is -3.56. The van der Waals surface area contributed by atoms with Gasteiger partial charge in [-0.1, -0.05) is 17.7 Å². The molecule has 0 spiro atoms. The van der Waals surface area contributed by atoms with Crippen LogP contribution in [0.25, 0.3) is 0 Å². The maximum absolute atomic E-state index is 12.2. The highest BCUT2D eigenvalue weighted by Gasteiger charge is 2.30. The molecule has 1 heterocycles. The molecule has 1 saturated heterocycles. The molecule has 2 rings (SSSR count). The van der Waals surface area contributed by atoms with Crippen LogP contribution in [0.3, 0.4) is 0 Å². The quantitative estimate of drug-likeness (QED) is 0.791. The van der Waals surface area contributed by atoms with Gasteiger partial charge in [0, 0.05) is 13.1 Å². The number of aryl methyl sites for hydroxylation is 1. The molecule has 5 nitrogen and oxygen atoms in total. The van der Waals surface area contributed by atoms with Crippen molar-refractivity contribution in [2.45, 2.75) is 11.8 Å². The summed E-state index contributed by atoms with van der Waals surface area (Å²) in [5, 5.41) is 0. The standard InChI is InChI=1S/C11H15NO4S2/c1-10-2-4-11(5-3-10)18(15,16)12-6-8-17(13,14)9-7-12/h2-5H,6-9H2,1H3. The Kier molecular flexibility index (Phi) is 3.48. The summed E-state index contributed by atoms with van der Waals surface area (Å²) in [6, 6.07) is 6.56. The SMILES string of the molecule is Cc1ccc(S(=O)(=O)N2CCS(=O)(=O)CC2)cc1. The summed E-state index contributed by atoms with van der Waals surface area (Å²) in [5.41, 5.74) is 0.982. The molecule has 0 N–H and O–H groups in total. The molecular weight excluding hydrogens is 274 g/mol. The van der Waals surface area contributed by atoms with Crippen molar-refractivity contribution in [3.8, 4) is 0 Å². The largest absolute Gasteiger partial charge is 0.243 e. The van der Waals surface area contributed by atoms with Gasteiger partial charge in [0.2, 0.25) is 10.0 Å². The summed E-state index contributed by atoms with van der Waals surface area (Å²) < 4.78 is 48.3. The molecule has 1 aromatic carbocycles. The zero-order valence-corrected chi connectivity index (χ0v) is 11.7. The molecule has 1 fully saturated rings. The number of hydrogen-bond acceptors (Lipinski definition) is 4. The summed E-state index contributed by atoms with van der Waals surface area (Å²) in [6.07, 6.45) is 0. The van der Waals surface area contributed by atoms with E-state index in [4.69, 9.17) is 0 Å². The molecule has 0 saturated carbocycles. The maximum Gasteiger partial charge on any atom is 0.243 e. The molecule has 18 heavy (non-hydrogen) atoms. The average molecular weight is 289 g/mol. The van der Waals surface area contributed by atoms with E-state index in [1.54, 1.807) is 24.3 Å². The van der Waals surface area contributed by atoms with Crippen LogP contribution in [0, 0.1) is 6.92 Å². The fourth-order valence-corrected chi connectivity index (χ4v) is 4.67. The van der Waals surface area contributed by atoms with E-state index in [-0.39, 0.29) is 29.5 Å². The van der Waals surface area contributed by atoms with Crippen molar-refractivity contribution in [3.05, 3.63) is 29.8 Å². The van der Waals surface area contributed by atoms with Gasteiger partial charge in [-0.25, -0.2) is 16.8 Å². The topological polar surface area (TPSA) is 71.5 Å². The van der Waals surface area contributed by atoms with Crippen LogP contribution in [-0.4, -0.2) is 45.7 Å². The van der Waals surface area contributed by atoms with E-state index >= 15 is 0 Å². The Bertz CT molecular complexity index is 618. The van der Waals surface area contributed by atoms with E-state index in [9.17, 15) is 16.8 Å². The Hall–Kier alpha value is -0.920. The Morgan fingerprint density at radius 3 is 2.06 bits per heavy atom. The monoisotopic (exact) mass is 289 g/mol. The van der Waals surface area contributed by atoms with Crippen LogP contribution in [-0.2, 0) is 19.9 Å². The van der Waals surface area contributed by atoms with Gasteiger partial charge in [-0.2, -0.15) is 4.31 Å². The number of rotatable bonds is 2. The van der Waals surface area contributed by atoms with Crippen molar-refractivity contribution in [3.63, 3.8) is 0 Å². The zero-order chi connectivity index (χ0) is 13.4. The second kappa shape index (κ2) is 4.64. The first-order valence-electron chi connectivity index (χ1n) is 5.58. The predicted molar refractivity (Wildman–Crippen MR) is 68.6 cm³/mol. The molecule has 0 aromatic heterocycles. The van der Waals surface area contributed by atoms with Crippen molar-refractivity contribution >= 4 is 19.9 Å². The lowest BCUT2D eigenvalue weighted by atomic mass is 10.2. The first kappa shape index (κ1) is 13.5. The van der Waals surface area contributed by atoms with E-state index in [1.807, 2.05) is 6.92 Å². The summed E-state index contributed by atoms with van der Waals surface area (Å²) in [4.78, 5) is 0.215. The third kappa shape index (κ3) is 2.73. The Morgan fingerprint density at radius 2 is 1.56 bits per heavy atom. The maximum atomic E-state index is 12.2. The molecule has 100 valence electrons. The van der Waals surface area contributed by atoms with Crippen molar-refractivity contribution in [2.75, 3.05) is 24.6 Å². The summed E-state index contributed by atoms with van der Waals surface area (Å²) in [5.74, 6) is -0.198. The molecule has 1 aliphatic heterocycles. The average Bonchev–Trinajstić information content (AvgIpc) is 2.29. The predicted octanol–water partition coefficient (Wildman–Crippen LogP) is 0.414. The molecule has 0 atom stereocenters. The lowest BCUT2D eigenvalue weighted by molar-refractivity contribution is 0.431. The van der Waals surface area contributed by atoms with Crippen LogP contribution >= 0.6 is 0 Å². The zero-order valence-electron chi connectivity index (χ0n) is 10.0. The molecular formula is C11H15NO4S2. The van der Waals surface area contributed by atoms with Gasteiger partial charge in [-0.3, -0.25) is 0 Å². The number of benzene rings is 1. The van der Waals surface area contributed by atoms with E-state index in [0.717, 1.165) is 5.56 Å². The molecule has 1 aliphatic rings. The van der Waals surface area contributed by atoms with Gasteiger partial charge in [0.25, 0.3) is 0 Å². The van der Waals surface area contributed by atoms with Gasteiger partial charge in [0.1, 0.15) is 0 Å². The van der Waals surface area contributed by atoms with E-state index in [0.29, 0.717) is 0 Å². The summed E-state index contributed by atoms with van der Waals surface area (Å²) in [6.45, 7) is 1.96. The molecule has 7 heteroatoms. The summed E-state index contributed by atoms with van der Waals surface area (Å²) >= 11 is 0. The fraction of sp³-hybridized carbons (Fsp3) is 0.455. The Morgan fingerprint density at radius 1 is 1.06 bits per heavy atom. The number of sulfone groups is 1. The first-order chi connectivity index (χ1) is 8.31. The molecule has 0 amide bonds. The minimum absolute atomic E-state index is 0.0402. The second-order valence-corrected chi connectivity index (χ2v) is 8.61. The molecule has 0 radical (unpaired) electrons. The van der Waals surface area contributed by atoms with E-state index in [2.05, 4.69) is 0 Å². The molecule has 0 bridgehead atoms. The lowest BCUT2D eigenvalue weighted by Gasteiger charge is -2.25. The van der Waals surface area contributed by atoms with Gasteiger partial charge >= 0.3 is 0 Å². The highest BCUT2D eigenvalue weighted by molar-refractivity contribution is 7.92. The number of hydrogen-bond donors (Lipinski definition) is 0. The minimum Gasteiger partial charge on any atom is -0.229 e. The van der Waals surface area contributed by atoms with E-state index in [1.165, 1.54) is 4.31 Å². The first-order valence-corrected chi connectivity index (χ1v) is 8.85. The van der Waals surface area contributed by atoms with Gasteiger partial charge < -0.3 is 0 Å². The van der Waals surface area contributed by atoms with Crippen LogP contribution < -0.4 is 0 Å². The van der Waals surface area contributed by atoms with Gasteiger partial charge in [-0.15, -0.1) is 0 Å². The van der Waals surface area contributed by atoms with Gasteiger partial charge in [0.05, 0.1) is 16.4 Å². The summed E-state index contributed by atoms with van der Waals surface area (Å²) in [7, 11) is -6.63. The third-order valence-electron chi connectivity index (χ3n) is 2.96. The van der Waals surface area contributed by atoms with Crippen LogP contribution in [0.1, 0.15) is 5.56 Å². The molecule has 1 aromatic rings. The highest BCUT2D eigenvalue weighted by Crippen LogP contribution is 2.18. The third-order valence-corrected chi connectivity index (χ3v) is 6.48. The number of sulfonamides is 1. The van der Waals surface area contributed by atoms with Crippen molar-refractivity contribution in [2.24, 2.45) is 0 Å². The van der Waals surface area contributed by atoms with Gasteiger partial charge in [0.15, 0.2) is 9.84 Å². The Balaban J connectivity index is 2.25. The number of nitrogens with zero attached hydrogens (tertiary/aromatic N) is 1. The fourth-order valence-electron chi connectivity index (χ4n) is 1.80. The molecule has 0 unspecified atom stereocenters. The van der Waals surface area contributed by atoms with Crippen molar-refractivity contribution in [1.29, 1.82) is 0 Å². The Labute approximate surface area is 107 Å². The van der Waals surface area contributed by atoms with Crippen LogP contribution in [0.15, 0.2) is 29.2 Å². The van der Waals surface area contributed by atoms with E-state index < -0.39 is 19.9 Å². The smallest absolute Gasteiger partial charge is 0.229 e.